The summed E-state index contributed by atoms with van der Waals surface area (Å²) in [6, 6.07) is 10.7. The van der Waals surface area contributed by atoms with Crippen molar-refractivity contribution in [2.24, 2.45) is 5.41 Å². The molecule has 1 fully saturated rings. The first kappa shape index (κ1) is 9.72. The molecule has 75 valence electrons. The number of hydrogen-bond acceptors (Lipinski definition) is 1. The van der Waals surface area contributed by atoms with E-state index in [4.69, 9.17) is 0 Å². The van der Waals surface area contributed by atoms with Gasteiger partial charge in [-0.3, -0.25) is 4.90 Å². The first-order valence-electron chi connectivity index (χ1n) is 5.27. The van der Waals surface area contributed by atoms with Crippen LogP contribution in [-0.2, 0) is 6.54 Å². The standard InChI is InChI=1S/C13H18N/c1-13(2)8-9-14(11-13)10-12-6-4-3-5-7-12/h3-7,9H,8,10-11H2,1-2H3. The van der Waals surface area contributed by atoms with Crippen molar-refractivity contribution in [3.8, 4) is 0 Å². The van der Waals surface area contributed by atoms with Crippen molar-refractivity contribution >= 4 is 0 Å². The summed E-state index contributed by atoms with van der Waals surface area (Å²) in [4.78, 5) is 2.43. The van der Waals surface area contributed by atoms with E-state index in [9.17, 15) is 0 Å². The Hall–Kier alpha value is -0.820. The minimum absolute atomic E-state index is 0.467. The molecule has 1 aromatic rings. The lowest BCUT2D eigenvalue weighted by atomic mass is 9.93. The topological polar surface area (TPSA) is 3.24 Å². The molecule has 1 aromatic carbocycles. The first-order chi connectivity index (χ1) is 6.66. The maximum Gasteiger partial charge on any atom is 0.0261 e. The van der Waals surface area contributed by atoms with Gasteiger partial charge in [-0.15, -0.1) is 0 Å². The van der Waals surface area contributed by atoms with E-state index < -0.39 is 0 Å². The molecule has 0 aromatic heterocycles. The molecule has 1 heterocycles. The monoisotopic (exact) mass is 188 g/mol. The smallest absolute Gasteiger partial charge is 0.0261 e. The summed E-state index contributed by atoms with van der Waals surface area (Å²) in [6.07, 6.45) is 1.21. The van der Waals surface area contributed by atoms with Crippen LogP contribution in [0, 0.1) is 12.0 Å². The fraction of sp³-hybridized carbons (Fsp3) is 0.462. The van der Waals surface area contributed by atoms with E-state index in [0.29, 0.717) is 5.41 Å². The van der Waals surface area contributed by atoms with Crippen LogP contribution in [0.1, 0.15) is 25.8 Å². The van der Waals surface area contributed by atoms with Crippen LogP contribution < -0.4 is 0 Å². The van der Waals surface area contributed by atoms with Crippen LogP contribution in [0.2, 0.25) is 0 Å². The Morgan fingerprint density at radius 1 is 1.21 bits per heavy atom. The third kappa shape index (κ3) is 2.36. The Kier molecular flexibility index (Phi) is 2.60. The van der Waals surface area contributed by atoms with Crippen molar-refractivity contribution in [3.05, 3.63) is 42.4 Å². The Bertz CT molecular complexity index is 289. The average Bonchev–Trinajstić information content (AvgIpc) is 2.47. The number of nitrogens with zero attached hydrogens (tertiary/aromatic N) is 1. The number of benzene rings is 1. The van der Waals surface area contributed by atoms with Crippen molar-refractivity contribution in [1.82, 2.24) is 4.90 Å². The molecule has 0 unspecified atom stereocenters. The van der Waals surface area contributed by atoms with E-state index >= 15 is 0 Å². The summed E-state index contributed by atoms with van der Waals surface area (Å²) in [5.74, 6) is 0. The maximum absolute atomic E-state index is 2.43. The predicted octanol–water partition coefficient (Wildman–Crippen LogP) is 3.08. The molecule has 1 aliphatic rings. The lowest BCUT2D eigenvalue weighted by Crippen LogP contribution is -2.21. The zero-order valence-corrected chi connectivity index (χ0v) is 9.03. The highest BCUT2D eigenvalue weighted by atomic mass is 15.1. The summed E-state index contributed by atoms with van der Waals surface area (Å²) >= 11 is 0. The molecule has 1 aliphatic heterocycles. The molecule has 0 saturated carbocycles. The van der Waals surface area contributed by atoms with E-state index in [-0.39, 0.29) is 0 Å². The van der Waals surface area contributed by atoms with Crippen molar-refractivity contribution in [2.45, 2.75) is 26.8 Å². The van der Waals surface area contributed by atoms with Crippen LogP contribution in [0.25, 0.3) is 0 Å². The minimum atomic E-state index is 0.467. The number of hydrogen-bond donors (Lipinski definition) is 0. The normalized spacial score (nSPS) is 21.3. The second-order valence-corrected chi connectivity index (χ2v) is 4.94. The van der Waals surface area contributed by atoms with E-state index in [1.807, 2.05) is 0 Å². The van der Waals surface area contributed by atoms with Gasteiger partial charge in [0.2, 0.25) is 0 Å². The van der Waals surface area contributed by atoms with Crippen molar-refractivity contribution in [2.75, 3.05) is 6.54 Å². The third-order valence-electron chi connectivity index (χ3n) is 2.76. The fourth-order valence-corrected chi connectivity index (χ4v) is 1.99. The molecule has 1 saturated heterocycles. The van der Waals surface area contributed by atoms with Gasteiger partial charge in [-0.2, -0.15) is 0 Å². The summed E-state index contributed by atoms with van der Waals surface area (Å²) in [6.45, 7) is 9.24. The van der Waals surface area contributed by atoms with Crippen molar-refractivity contribution in [3.63, 3.8) is 0 Å². The van der Waals surface area contributed by atoms with Crippen LogP contribution >= 0.6 is 0 Å². The zero-order valence-electron chi connectivity index (χ0n) is 9.03. The van der Waals surface area contributed by atoms with Crippen LogP contribution in [-0.4, -0.2) is 11.4 Å². The van der Waals surface area contributed by atoms with Crippen LogP contribution in [0.5, 0.6) is 0 Å². The Labute approximate surface area is 86.7 Å². The van der Waals surface area contributed by atoms with Gasteiger partial charge in [0.25, 0.3) is 0 Å². The van der Waals surface area contributed by atoms with Gasteiger partial charge in [-0.1, -0.05) is 44.2 Å². The molecule has 0 spiro atoms. The highest BCUT2D eigenvalue weighted by Crippen LogP contribution is 2.32. The zero-order chi connectivity index (χ0) is 10.0. The predicted molar refractivity (Wildman–Crippen MR) is 59.6 cm³/mol. The van der Waals surface area contributed by atoms with Crippen molar-refractivity contribution < 1.29 is 0 Å². The van der Waals surface area contributed by atoms with E-state index in [0.717, 1.165) is 6.54 Å². The summed E-state index contributed by atoms with van der Waals surface area (Å²) in [5.41, 5.74) is 1.87. The van der Waals surface area contributed by atoms with E-state index in [2.05, 4.69) is 55.6 Å². The fourth-order valence-electron chi connectivity index (χ4n) is 1.99. The third-order valence-corrected chi connectivity index (χ3v) is 2.76. The molecule has 0 amide bonds. The molecular weight excluding hydrogens is 170 g/mol. The Balaban J connectivity index is 1.94. The quantitative estimate of drug-likeness (QED) is 0.689. The molecule has 0 atom stereocenters. The van der Waals surface area contributed by atoms with Crippen molar-refractivity contribution in [1.29, 1.82) is 0 Å². The maximum atomic E-state index is 2.43. The van der Waals surface area contributed by atoms with E-state index in [1.165, 1.54) is 18.5 Å². The lowest BCUT2D eigenvalue weighted by Gasteiger charge is -2.19. The van der Waals surface area contributed by atoms with Crippen LogP contribution in [0.3, 0.4) is 0 Å². The van der Waals surface area contributed by atoms with Gasteiger partial charge in [0, 0.05) is 19.6 Å². The molecule has 1 heteroatoms. The van der Waals surface area contributed by atoms with Crippen LogP contribution in [0.15, 0.2) is 30.3 Å². The molecule has 14 heavy (non-hydrogen) atoms. The Morgan fingerprint density at radius 2 is 1.93 bits per heavy atom. The van der Waals surface area contributed by atoms with Gasteiger partial charge in [-0.25, -0.2) is 0 Å². The molecule has 1 nitrogen and oxygen atoms in total. The molecule has 0 N–H and O–H groups in total. The molecule has 0 bridgehead atoms. The first-order valence-corrected chi connectivity index (χ1v) is 5.27. The van der Waals surface area contributed by atoms with Gasteiger partial charge in [-0.05, 0) is 17.4 Å². The summed E-state index contributed by atoms with van der Waals surface area (Å²) in [7, 11) is 0. The van der Waals surface area contributed by atoms with Gasteiger partial charge in [0.05, 0.1) is 0 Å². The summed E-state index contributed by atoms with van der Waals surface area (Å²) in [5, 5.41) is 0. The second-order valence-electron chi connectivity index (χ2n) is 4.94. The molecular formula is C13H18N. The minimum Gasteiger partial charge on any atom is -0.294 e. The van der Waals surface area contributed by atoms with E-state index in [1.54, 1.807) is 0 Å². The van der Waals surface area contributed by atoms with Crippen LogP contribution in [0.4, 0.5) is 0 Å². The Morgan fingerprint density at radius 3 is 2.50 bits per heavy atom. The average molecular weight is 188 g/mol. The van der Waals surface area contributed by atoms with Gasteiger partial charge >= 0.3 is 0 Å². The van der Waals surface area contributed by atoms with Gasteiger partial charge in [0.15, 0.2) is 0 Å². The molecule has 1 radical (unpaired) electrons. The largest absolute Gasteiger partial charge is 0.294 e. The number of rotatable bonds is 2. The SMILES string of the molecule is CC1(C)C[CH]N(Cc2ccccc2)C1. The highest BCUT2D eigenvalue weighted by Gasteiger charge is 2.29. The van der Waals surface area contributed by atoms with Gasteiger partial charge < -0.3 is 0 Å². The molecule has 2 rings (SSSR count). The highest BCUT2D eigenvalue weighted by molar-refractivity contribution is 5.15. The number of likely N-dealkylation sites (tertiary alicyclic amines) is 1. The lowest BCUT2D eigenvalue weighted by molar-refractivity contribution is 0.301. The molecule has 0 aliphatic carbocycles. The second kappa shape index (κ2) is 3.74. The summed E-state index contributed by atoms with van der Waals surface area (Å²) < 4.78 is 0. The van der Waals surface area contributed by atoms with Gasteiger partial charge in [0.1, 0.15) is 0 Å².